The molecule has 0 spiro atoms. The number of likely N-dealkylation sites (tertiary alicyclic amines) is 1. The highest BCUT2D eigenvalue weighted by atomic mass is 19.1. The zero-order valence-corrected chi connectivity index (χ0v) is 19.6. The summed E-state index contributed by atoms with van der Waals surface area (Å²) in [7, 11) is 0. The zero-order valence-electron chi connectivity index (χ0n) is 19.6. The summed E-state index contributed by atoms with van der Waals surface area (Å²) < 4.78 is 20.3. The maximum absolute atomic E-state index is 14.7. The molecular formula is C26H31FN4O2. The zero-order chi connectivity index (χ0) is 23.8. The fraction of sp³-hybridized carbons (Fsp3) is 0.385. The molecule has 2 heterocycles. The number of nitrogen functional groups attached to an aromatic ring is 1. The van der Waals surface area contributed by atoms with Gasteiger partial charge in [-0.1, -0.05) is 12.1 Å². The van der Waals surface area contributed by atoms with Gasteiger partial charge in [-0.3, -0.25) is 0 Å². The Hall–Kier alpha value is -3.35. The number of aromatic nitrogens is 1. The number of nitrogens with zero attached hydrogens (tertiary/aromatic N) is 2. The number of ether oxygens (including phenoxy) is 1. The number of pyridine rings is 1. The minimum atomic E-state index is -0.537. The van der Waals surface area contributed by atoms with Gasteiger partial charge < -0.3 is 20.7 Å². The predicted molar refractivity (Wildman–Crippen MR) is 131 cm³/mol. The number of benzene rings is 2. The Balaban J connectivity index is 1.65. The molecule has 0 aliphatic carbocycles. The molecule has 1 fully saturated rings. The van der Waals surface area contributed by atoms with Gasteiger partial charge >= 0.3 is 6.09 Å². The quantitative estimate of drug-likeness (QED) is 0.530. The first kappa shape index (κ1) is 22.8. The normalized spacial score (nSPS) is 16.3. The summed E-state index contributed by atoms with van der Waals surface area (Å²) in [5.41, 5.74) is 8.44. The van der Waals surface area contributed by atoms with E-state index >= 15 is 0 Å². The Morgan fingerprint density at radius 1 is 1.30 bits per heavy atom. The largest absolute Gasteiger partial charge is 0.444 e. The maximum atomic E-state index is 14.7. The van der Waals surface area contributed by atoms with Gasteiger partial charge in [0.1, 0.15) is 17.2 Å². The second kappa shape index (κ2) is 8.89. The minimum Gasteiger partial charge on any atom is -0.444 e. The van der Waals surface area contributed by atoms with Crippen molar-refractivity contribution >= 4 is 28.4 Å². The van der Waals surface area contributed by atoms with E-state index in [-0.39, 0.29) is 18.0 Å². The number of carbonyl (C=O) groups is 1. The van der Waals surface area contributed by atoms with Gasteiger partial charge in [0.05, 0.1) is 6.04 Å². The monoisotopic (exact) mass is 450 g/mol. The molecule has 3 N–H and O–H groups in total. The molecule has 0 bridgehead atoms. The molecule has 7 heteroatoms. The average molecular weight is 451 g/mol. The molecule has 1 aromatic heterocycles. The molecule has 1 aliphatic rings. The second-order valence-electron chi connectivity index (χ2n) is 9.64. The lowest BCUT2D eigenvalue weighted by atomic mass is 9.96. The van der Waals surface area contributed by atoms with Crippen LogP contribution in [0, 0.1) is 12.7 Å². The van der Waals surface area contributed by atoms with E-state index in [9.17, 15) is 9.18 Å². The number of nitrogens with one attached hydrogen (secondary N) is 1. The molecule has 0 radical (unpaired) electrons. The number of hydrogen-bond acceptors (Lipinski definition) is 5. The molecule has 174 valence electrons. The van der Waals surface area contributed by atoms with Crippen molar-refractivity contribution in [2.24, 2.45) is 0 Å². The standard InChI is InChI=1S/C26H31FN4O2/c1-16-7-5-9-21(27)24(16)17-11-18-14-30-23(28)13-20(18)22(12-17)29-15-19-8-6-10-31(19)25(32)33-26(2,3)4/h5,7,9,11-14,19,29H,6,8,10,15H2,1-4H3,(H2,28,30)/t19-/m0/s1. The van der Waals surface area contributed by atoms with E-state index in [0.29, 0.717) is 24.5 Å². The van der Waals surface area contributed by atoms with Crippen molar-refractivity contribution < 1.29 is 13.9 Å². The molecule has 1 amide bonds. The van der Waals surface area contributed by atoms with E-state index in [1.165, 1.54) is 6.07 Å². The van der Waals surface area contributed by atoms with Crippen LogP contribution in [0.1, 0.15) is 39.2 Å². The number of carbonyl (C=O) groups excluding carboxylic acids is 1. The summed E-state index contributed by atoms with van der Waals surface area (Å²) in [6.07, 6.45) is 3.23. The third-order valence-electron chi connectivity index (χ3n) is 5.90. The Kier molecular flexibility index (Phi) is 6.15. The molecular weight excluding hydrogens is 419 g/mol. The van der Waals surface area contributed by atoms with Crippen LogP contribution in [0.3, 0.4) is 0 Å². The summed E-state index contributed by atoms with van der Waals surface area (Å²) in [5.74, 6) is 0.146. The Bertz CT molecular complexity index is 1170. The van der Waals surface area contributed by atoms with Gasteiger partial charge in [0.2, 0.25) is 0 Å². The maximum Gasteiger partial charge on any atom is 0.410 e. The first-order chi connectivity index (χ1) is 15.6. The minimum absolute atomic E-state index is 0.00735. The first-order valence-corrected chi connectivity index (χ1v) is 11.3. The topological polar surface area (TPSA) is 80.5 Å². The molecule has 1 atom stereocenters. The molecule has 3 aromatic rings. The summed E-state index contributed by atoms with van der Waals surface area (Å²) in [5, 5.41) is 5.27. The summed E-state index contributed by atoms with van der Waals surface area (Å²) in [6, 6.07) is 10.8. The lowest BCUT2D eigenvalue weighted by Crippen LogP contribution is -2.42. The SMILES string of the molecule is Cc1cccc(F)c1-c1cc(NC[C@@H]2CCCN2C(=O)OC(C)(C)C)c2cc(N)ncc2c1. The number of fused-ring (bicyclic) bond motifs is 1. The van der Waals surface area contributed by atoms with Crippen molar-refractivity contribution in [2.75, 3.05) is 24.1 Å². The van der Waals surface area contributed by atoms with E-state index in [1.54, 1.807) is 17.2 Å². The van der Waals surface area contributed by atoms with Gasteiger partial charge in [-0.2, -0.15) is 0 Å². The molecule has 6 nitrogen and oxygen atoms in total. The van der Waals surface area contributed by atoms with Gasteiger partial charge in [-0.15, -0.1) is 0 Å². The van der Waals surface area contributed by atoms with E-state index in [0.717, 1.165) is 40.4 Å². The lowest BCUT2D eigenvalue weighted by Gasteiger charge is -2.29. The highest BCUT2D eigenvalue weighted by molar-refractivity contribution is 5.98. The van der Waals surface area contributed by atoms with E-state index in [4.69, 9.17) is 10.5 Å². The van der Waals surface area contributed by atoms with Crippen LogP contribution in [0.25, 0.3) is 21.9 Å². The van der Waals surface area contributed by atoms with Gasteiger partial charge in [0.15, 0.2) is 0 Å². The number of halogens is 1. The van der Waals surface area contributed by atoms with Crippen LogP contribution in [0.4, 0.5) is 20.7 Å². The van der Waals surface area contributed by atoms with Crippen LogP contribution in [0.2, 0.25) is 0 Å². The van der Waals surface area contributed by atoms with Crippen molar-refractivity contribution in [2.45, 2.75) is 52.2 Å². The van der Waals surface area contributed by atoms with Crippen LogP contribution in [-0.4, -0.2) is 40.7 Å². The second-order valence-corrected chi connectivity index (χ2v) is 9.64. The van der Waals surface area contributed by atoms with E-state index in [1.807, 2.05) is 52.0 Å². The predicted octanol–water partition coefficient (Wildman–Crippen LogP) is 5.74. The van der Waals surface area contributed by atoms with Gasteiger partial charge in [0.25, 0.3) is 0 Å². The molecule has 0 saturated carbocycles. The number of amides is 1. The molecule has 1 aliphatic heterocycles. The van der Waals surface area contributed by atoms with Crippen molar-refractivity contribution in [3.63, 3.8) is 0 Å². The fourth-order valence-corrected chi connectivity index (χ4v) is 4.40. The number of nitrogens with two attached hydrogens (primary N) is 1. The number of aryl methyl sites for hydroxylation is 1. The Morgan fingerprint density at radius 2 is 2.09 bits per heavy atom. The molecule has 33 heavy (non-hydrogen) atoms. The number of hydrogen-bond donors (Lipinski definition) is 2. The third-order valence-corrected chi connectivity index (χ3v) is 5.90. The van der Waals surface area contributed by atoms with Crippen molar-refractivity contribution in [1.82, 2.24) is 9.88 Å². The third kappa shape index (κ3) is 5.02. The van der Waals surface area contributed by atoms with Crippen molar-refractivity contribution in [3.05, 3.63) is 54.0 Å². The Morgan fingerprint density at radius 3 is 2.82 bits per heavy atom. The van der Waals surface area contributed by atoms with E-state index < -0.39 is 5.60 Å². The number of rotatable bonds is 4. The summed E-state index contributed by atoms with van der Waals surface area (Å²) >= 11 is 0. The average Bonchev–Trinajstić information content (AvgIpc) is 3.20. The van der Waals surface area contributed by atoms with Gasteiger partial charge in [-0.05, 0) is 75.9 Å². The molecule has 1 saturated heterocycles. The smallest absolute Gasteiger partial charge is 0.410 e. The van der Waals surface area contributed by atoms with Gasteiger partial charge in [-0.25, -0.2) is 14.2 Å². The van der Waals surface area contributed by atoms with Crippen LogP contribution < -0.4 is 11.1 Å². The van der Waals surface area contributed by atoms with E-state index in [2.05, 4.69) is 10.3 Å². The lowest BCUT2D eigenvalue weighted by molar-refractivity contribution is 0.0235. The highest BCUT2D eigenvalue weighted by Crippen LogP contribution is 2.35. The van der Waals surface area contributed by atoms with Crippen molar-refractivity contribution in [3.8, 4) is 11.1 Å². The molecule has 4 rings (SSSR count). The van der Waals surface area contributed by atoms with Crippen molar-refractivity contribution in [1.29, 1.82) is 0 Å². The fourth-order valence-electron chi connectivity index (χ4n) is 4.40. The van der Waals surface area contributed by atoms with Crippen LogP contribution in [-0.2, 0) is 4.74 Å². The summed E-state index contributed by atoms with van der Waals surface area (Å²) in [6.45, 7) is 8.73. The number of anilines is 2. The first-order valence-electron chi connectivity index (χ1n) is 11.3. The van der Waals surface area contributed by atoms with Crippen LogP contribution in [0.5, 0.6) is 0 Å². The summed E-state index contributed by atoms with van der Waals surface area (Å²) in [4.78, 5) is 18.7. The van der Waals surface area contributed by atoms with Gasteiger partial charge in [0, 0.05) is 41.3 Å². The molecule has 0 unspecified atom stereocenters. The van der Waals surface area contributed by atoms with Crippen LogP contribution in [0.15, 0.2) is 42.6 Å². The Labute approximate surface area is 193 Å². The highest BCUT2D eigenvalue weighted by Gasteiger charge is 2.32. The molecule has 2 aromatic carbocycles. The van der Waals surface area contributed by atoms with Crippen LogP contribution >= 0.6 is 0 Å².